The predicted octanol–water partition coefficient (Wildman–Crippen LogP) is 2.95. The second kappa shape index (κ2) is 7.83. The predicted molar refractivity (Wildman–Crippen MR) is 94.9 cm³/mol. The molecule has 1 amide bonds. The summed E-state index contributed by atoms with van der Waals surface area (Å²) in [6.07, 6.45) is 3.17. The van der Waals surface area contributed by atoms with Crippen LogP contribution >= 0.6 is 11.8 Å². The van der Waals surface area contributed by atoms with E-state index < -0.39 is 10.2 Å². The van der Waals surface area contributed by atoms with Crippen LogP contribution in [0.25, 0.3) is 0 Å². The van der Waals surface area contributed by atoms with Crippen molar-refractivity contribution in [2.45, 2.75) is 23.9 Å². The highest BCUT2D eigenvalue weighted by Crippen LogP contribution is 2.23. The van der Waals surface area contributed by atoms with E-state index in [0.29, 0.717) is 17.4 Å². The molecule has 9 nitrogen and oxygen atoms in total. The first-order valence-electron chi connectivity index (χ1n) is 7.65. The fourth-order valence-corrected chi connectivity index (χ4v) is 2.96. The maximum absolute atomic E-state index is 12.3. The van der Waals surface area contributed by atoms with Gasteiger partial charge in [0.1, 0.15) is 12.1 Å². The smallest absolute Gasteiger partial charge is 0.269 e. The van der Waals surface area contributed by atoms with Gasteiger partial charge in [0.25, 0.3) is 5.69 Å². The van der Waals surface area contributed by atoms with Crippen LogP contribution in [0.15, 0.2) is 58.6 Å². The van der Waals surface area contributed by atoms with E-state index in [1.54, 1.807) is 30.1 Å². The lowest BCUT2D eigenvalue weighted by molar-refractivity contribution is -0.384. The number of hydrogen-bond acceptors (Lipinski definition) is 7. The van der Waals surface area contributed by atoms with Gasteiger partial charge in [-0.3, -0.25) is 14.9 Å². The molecule has 0 aliphatic heterocycles. The Morgan fingerprint density at radius 2 is 2.15 bits per heavy atom. The van der Waals surface area contributed by atoms with Crippen molar-refractivity contribution in [1.29, 1.82) is 0 Å². The summed E-state index contributed by atoms with van der Waals surface area (Å²) in [7, 11) is 0. The van der Waals surface area contributed by atoms with Crippen LogP contribution in [0.4, 0.5) is 11.4 Å². The monoisotopic (exact) mass is 373 g/mol. The minimum Gasteiger partial charge on any atom is -0.467 e. The number of rotatable bonds is 7. The number of carbonyl (C=O) groups is 1. The van der Waals surface area contributed by atoms with Gasteiger partial charge in [-0.2, -0.15) is 0 Å². The van der Waals surface area contributed by atoms with Gasteiger partial charge in [-0.15, -0.1) is 10.2 Å². The Hall–Kier alpha value is -3.14. The number of anilines is 1. The van der Waals surface area contributed by atoms with Crippen LogP contribution in [0.1, 0.15) is 12.7 Å². The van der Waals surface area contributed by atoms with E-state index in [-0.39, 0.29) is 11.6 Å². The molecular formula is C16H15N5O4S. The van der Waals surface area contributed by atoms with E-state index in [2.05, 4.69) is 15.5 Å². The van der Waals surface area contributed by atoms with Gasteiger partial charge < -0.3 is 14.3 Å². The minimum atomic E-state index is -0.490. The molecule has 1 atom stereocenters. The quantitative estimate of drug-likeness (QED) is 0.384. The third kappa shape index (κ3) is 4.28. The van der Waals surface area contributed by atoms with Crippen LogP contribution < -0.4 is 5.32 Å². The van der Waals surface area contributed by atoms with Gasteiger partial charge in [0, 0.05) is 17.8 Å². The first kappa shape index (κ1) is 17.7. The van der Waals surface area contributed by atoms with Crippen LogP contribution in [0.5, 0.6) is 0 Å². The molecule has 0 fully saturated rings. The van der Waals surface area contributed by atoms with E-state index in [4.69, 9.17) is 4.42 Å². The number of nitro groups is 1. The number of nitrogens with one attached hydrogen (secondary N) is 1. The van der Waals surface area contributed by atoms with E-state index in [1.807, 2.05) is 6.07 Å². The highest BCUT2D eigenvalue weighted by Gasteiger charge is 2.19. The number of nitrogens with zero attached hydrogens (tertiary/aromatic N) is 4. The zero-order valence-corrected chi connectivity index (χ0v) is 14.5. The van der Waals surface area contributed by atoms with Crippen molar-refractivity contribution in [3.63, 3.8) is 0 Å². The SMILES string of the molecule is CC(Sc1nncn1Cc1ccco1)C(=O)Nc1ccc([N+](=O)[O-])cc1. The molecule has 0 aliphatic carbocycles. The Kier molecular flexibility index (Phi) is 5.32. The lowest BCUT2D eigenvalue weighted by Gasteiger charge is -2.12. The molecule has 0 spiro atoms. The molecule has 3 aromatic rings. The Balaban J connectivity index is 1.61. The fraction of sp³-hybridized carbons (Fsp3) is 0.188. The van der Waals surface area contributed by atoms with Gasteiger partial charge in [0.2, 0.25) is 5.91 Å². The van der Waals surface area contributed by atoms with Gasteiger partial charge >= 0.3 is 0 Å². The number of non-ortho nitro benzene ring substituents is 1. The summed E-state index contributed by atoms with van der Waals surface area (Å²) in [5.74, 6) is 0.519. The van der Waals surface area contributed by atoms with Crippen LogP contribution in [0.2, 0.25) is 0 Å². The Morgan fingerprint density at radius 3 is 2.81 bits per heavy atom. The molecule has 1 unspecified atom stereocenters. The van der Waals surface area contributed by atoms with Crippen molar-refractivity contribution in [2.75, 3.05) is 5.32 Å². The van der Waals surface area contributed by atoms with E-state index in [0.717, 1.165) is 5.76 Å². The zero-order valence-electron chi connectivity index (χ0n) is 13.7. The lowest BCUT2D eigenvalue weighted by Crippen LogP contribution is -2.23. The largest absolute Gasteiger partial charge is 0.467 e. The molecular weight excluding hydrogens is 358 g/mol. The van der Waals surface area contributed by atoms with Gasteiger partial charge in [0.05, 0.1) is 23.0 Å². The summed E-state index contributed by atoms with van der Waals surface area (Å²) in [6, 6.07) is 9.31. The number of amides is 1. The van der Waals surface area contributed by atoms with Crippen molar-refractivity contribution in [3.8, 4) is 0 Å². The lowest BCUT2D eigenvalue weighted by atomic mass is 10.3. The van der Waals surface area contributed by atoms with Crippen molar-refractivity contribution in [3.05, 3.63) is 64.9 Å². The molecule has 1 N–H and O–H groups in total. The molecule has 0 radical (unpaired) electrons. The molecule has 2 aromatic heterocycles. The number of nitro benzene ring substituents is 1. The molecule has 0 aliphatic rings. The summed E-state index contributed by atoms with van der Waals surface area (Å²) in [6.45, 7) is 2.22. The molecule has 10 heteroatoms. The minimum absolute atomic E-state index is 0.0311. The number of hydrogen-bond donors (Lipinski definition) is 1. The van der Waals surface area contributed by atoms with E-state index >= 15 is 0 Å². The van der Waals surface area contributed by atoms with Crippen LogP contribution in [0.3, 0.4) is 0 Å². The fourth-order valence-electron chi connectivity index (χ4n) is 2.14. The topological polar surface area (TPSA) is 116 Å². The van der Waals surface area contributed by atoms with Crippen molar-refractivity contribution >= 4 is 29.0 Å². The summed E-state index contributed by atoms with van der Waals surface area (Å²) in [5.41, 5.74) is 0.460. The summed E-state index contributed by atoms with van der Waals surface area (Å²) in [4.78, 5) is 22.5. The van der Waals surface area contributed by atoms with Crippen molar-refractivity contribution < 1.29 is 14.1 Å². The van der Waals surface area contributed by atoms with Crippen LogP contribution in [-0.2, 0) is 11.3 Å². The zero-order chi connectivity index (χ0) is 18.5. The molecule has 26 heavy (non-hydrogen) atoms. The molecule has 134 valence electrons. The number of benzene rings is 1. The normalized spacial score (nSPS) is 11.9. The Bertz CT molecular complexity index is 892. The summed E-state index contributed by atoms with van der Waals surface area (Å²) in [5, 5.41) is 21.5. The number of carbonyl (C=O) groups excluding carboxylic acids is 1. The van der Waals surface area contributed by atoms with E-state index in [9.17, 15) is 14.9 Å². The molecule has 0 bridgehead atoms. The standard InChI is InChI=1S/C16H15N5O4S/c1-11(15(22)18-12-4-6-13(7-5-12)21(23)24)26-16-19-17-10-20(16)9-14-3-2-8-25-14/h2-8,10-11H,9H2,1H3,(H,18,22). The number of aromatic nitrogens is 3. The second-order valence-corrected chi connectivity index (χ2v) is 6.68. The van der Waals surface area contributed by atoms with E-state index in [1.165, 1.54) is 36.0 Å². The second-order valence-electron chi connectivity index (χ2n) is 5.37. The highest BCUT2D eigenvalue weighted by atomic mass is 32.2. The number of furan rings is 1. The van der Waals surface area contributed by atoms with Crippen LogP contribution in [0, 0.1) is 10.1 Å². The maximum atomic E-state index is 12.3. The molecule has 0 saturated heterocycles. The average Bonchev–Trinajstić information content (AvgIpc) is 3.28. The number of thioether (sulfide) groups is 1. The Labute approximate surface area is 152 Å². The van der Waals surface area contributed by atoms with Crippen molar-refractivity contribution in [2.24, 2.45) is 0 Å². The molecule has 0 saturated carbocycles. The van der Waals surface area contributed by atoms with Gasteiger partial charge in [-0.1, -0.05) is 11.8 Å². The average molecular weight is 373 g/mol. The Morgan fingerprint density at radius 1 is 1.38 bits per heavy atom. The summed E-state index contributed by atoms with van der Waals surface area (Å²) >= 11 is 1.26. The molecule has 1 aromatic carbocycles. The van der Waals surface area contributed by atoms with Gasteiger partial charge in [0.15, 0.2) is 5.16 Å². The maximum Gasteiger partial charge on any atom is 0.269 e. The summed E-state index contributed by atoms with van der Waals surface area (Å²) < 4.78 is 7.10. The molecule has 3 rings (SSSR count). The third-order valence-electron chi connectivity index (χ3n) is 3.48. The van der Waals surface area contributed by atoms with Gasteiger partial charge in [-0.25, -0.2) is 0 Å². The van der Waals surface area contributed by atoms with Gasteiger partial charge in [-0.05, 0) is 31.2 Å². The highest BCUT2D eigenvalue weighted by molar-refractivity contribution is 8.00. The molecule has 2 heterocycles. The van der Waals surface area contributed by atoms with Crippen LogP contribution in [-0.4, -0.2) is 30.8 Å². The first-order valence-corrected chi connectivity index (χ1v) is 8.53. The first-order chi connectivity index (χ1) is 12.5. The third-order valence-corrected chi connectivity index (χ3v) is 4.58. The van der Waals surface area contributed by atoms with Crippen molar-refractivity contribution in [1.82, 2.24) is 14.8 Å².